The first-order chi connectivity index (χ1) is 21.1. The molecule has 0 radical (unpaired) electrons. The quantitative estimate of drug-likeness (QED) is 0.153. The molecule has 0 aliphatic heterocycles. The maximum Gasteiger partial charge on any atom is 0.225 e. The Kier molecular flexibility index (Phi) is 15.6. The van der Waals surface area contributed by atoms with Gasteiger partial charge in [-0.1, -0.05) is 67.4 Å². The van der Waals surface area contributed by atoms with Gasteiger partial charge >= 0.3 is 0 Å². The average Bonchev–Trinajstić information content (AvgIpc) is 3.43. The van der Waals surface area contributed by atoms with Crippen LogP contribution in [-0.2, 0) is 20.7 Å². The smallest absolute Gasteiger partial charge is 0.225 e. The Morgan fingerprint density at radius 2 is 1.67 bits per heavy atom. The zero-order valence-corrected chi connectivity index (χ0v) is 29.5. The van der Waals surface area contributed by atoms with Gasteiger partial charge in [0.25, 0.3) is 0 Å². The SMILES string of the molecule is COCCCOc1cc(C[C@@H](C[C@H](N)[C@@H](O)C[C@H](C(=O)NC2(CNC(=O)C(C)(C)C)CCCC2)C(C)C)C(C)C)ccc1OC. The molecule has 0 aromatic heterocycles. The molecule has 0 bridgehead atoms. The number of amides is 2. The number of aliphatic hydroxyl groups excluding tert-OH is 1. The molecule has 1 aromatic rings. The molecule has 9 heteroatoms. The highest BCUT2D eigenvalue weighted by molar-refractivity contribution is 5.82. The van der Waals surface area contributed by atoms with Crippen LogP contribution in [0.4, 0.5) is 0 Å². The zero-order valence-electron chi connectivity index (χ0n) is 29.5. The number of nitrogens with two attached hydrogens (primary N) is 1. The van der Waals surface area contributed by atoms with Crippen LogP contribution in [0.25, 0.3) is 0 Å². The van der Waals surface area contributed by atoms with E-state index in [2.05, 4.69) is 30.5 Å². The van der Waals surface area contributed by atoms with Crippen LogP contribution in [0.2, 0.25) is 0 Å². The minimum atomic E-state index is -0.819. The fourth-order valence-electron chi connectivity index (χ4n) is 6.13. The van der Waals surface area contributed by atoms with Crippen LogP contribution in [0.5, 0.6) is 11.5 Å². The first-order valence-electron chi connectivity index (χ1n) is 16.9. The van der Waals surface area contributed by atoms with Gasteiger partial charge in [0.1, 0.15) is 0 Å². The number of hydrogen-bond acceptors (Lipinski definition) is 7. The van der Waals surface area contributed by atoms with Gasteiger partial charge < -0.3 is 35.7 Å². The summed E-state index contributed by atoms with van der Waals surface area (Å²) < 4.78 is 16.6. The second kappa shape index (κ2) is 18.1. The zero-order chi connectivity index (χ0) is 33.8. The molecular weight excluding hydrogens is 570 g/mol. The van der Waals surface area contributed by atoms with Crippen molar-refractivity contribution in [2.24, 2.45) is 34.8 Å². The highest BCUT2D eigenvalue weighted by atomic mass is 16.5. The molecule has 1 aliphatic rings. The van der Waals surface area contributed by atoms with Crippen LogP contribution >= 0.6 is 0 Å². The summed E-state index contributed by atoms with van der Waals surface area (Å²) in [6.45, 7) is 15.6. The molecule has 0 spiro atoms. The predicted octanol–water partition coefficient (Wildman–Crippen LogP) is 5.26. The van der Waals surface area contributed by atoms with E-state index in [9.17, 15) is 14.7 Å². The summed E-state index contributed by atoms with van der Waals surface area (Å²) in [5.74, 6) is 1.51. The van der Waals surface area contributed by atoms with Crippen LogP contribution in [0.1, 0.15) is 99.0 Å². The third-order valence-electron chi connectivity index (χ3n) is 9.34. The Balaban J connectivity index is 2.07. The van der Waals surface area contributed by atoms with E-state index in [4.69, 9.17) is 19.9 Å². The lowest BCUT2D eigenvalue weighted by molar-refractivity contribution is -0.132. The number of carbonyl (C=O) groups is 2. The molecule has 1 aromatic carbocycles. The molecule has 4 atom stereocenters. The van der Waals surface area contributed by atoms with Crippen molar-refractivity contribution in [3.63, 3.8) is 0 Å². The van der Waals surface area contributed by atoms with E-state index >= 15 is 0 Å². The number of nitrogens with one attached hydrogen (secondary N) is 2. The summed E-state index contributed by atoms with van der Waals surface area (Å²) in [5.41, 5.74) is 6.83. The topological polar surface area (TPSA) is 132 Å². The summed E-state index contributed by atoms with van der Waals surface area (Å²) in [6.07, 6.45) is 5.36. The van der Waals surface area contributed by atoms with E-state index in [-0.39, 0.29) is 23.7 Å². The number of methoxy groups -OCH3 is 2. The predicted molar refractivity (Wildman–Crippen MR) is 180 cm³/mol. The molecule has 1 fully saturated rings. The third kappa shape index (κ3) is 12.4. The summed E-state index contributed by atoms with van der Waals surface area (Å²) in [5, 5.41) is 17.7. The average molecular weight is 634 g/mol. The van der Waals surface area contributed by atoms with Gasteiger partial charge in [-0.25, -0.2) is 0 Å². The summed E-state index contributed by atoms with van der Waals surface area (Å²) >= 11 is 0. The summed E-state index contributed by atoms with van der Waals surface area (Å²) in [6, 6.07) is 5.55. The molecule has 2 rings (SSSR count). The Morgan fingerprint density at radius 3 is 2.22 bits per heavy atom. The molecule has 1 saturated carbocycles. The van der Waals surface area contributed by atoms with Crippen molar-refractivity contribution in [3.8, 4) is 11.5 Å². The van der Waals surface area contributed by atoms with E-state index in [1.807, 2.05) is 46.8 Å². The lowest BCUT2D eigenvalue weighted by Crippen LogP contribution is -2.57. The molecule has 1 aliphatic carbocycles. The van der Waals surface area contributed by atoms with Crippen LogP contribution < -0.4 is 25.8 Å². The Morgan fingerprint density at radius 1 is 1.00 bits per heavy atom. The Hall–Kier alpha value is -2.36. The van der Waals surface area contributed by atoms with Crippen molar-refractivity contribution < 1.29 is 28.9 Å². The molecule has 2 amide bonds. The second-order valence-electron chi connectivity index (χ2n) is 14.9. The van der Waals surface area contributed by atoms with Gasteiger partial charge in [0, 0.05) is 44.1 Å². The molecule has 45 heavy (non-hydrogen) atoms. The molecule has 0 unspecified atom stereocenters. The van der Waals surface area contributed by atoms with Crippen LogP contribution in [0, 0.1) is 29.1 Å². The maximum atomic E-state index is 13.7. The molecule has 5 N–H and O–H groups in total. The van der Waals surface area contributed by atoms with Crippen LogP contribution in [-0.4, -0.2) is 68.6 Å². The largest absolute Gasteiger partial charge is 0.493 e. The minimum Gasteiger partial charge on any atom is -0.493 e. The highest BCUT2D eigenvalue weighted by Crippen LogP contribution is 2.33. The van der Waals surface area contributed by atoms with E-state index in [1.165, 1.54) is 0 Å². The van der Waals surface area contributed by atoms with Crippen molar-refractivity contribution in [1.82, 2.24) is 10.6 Å². The van der Waals surface area contributed by atoms with Gasteiger partial charge in [0.2, 0.25) is 11.8 Å². The van der Waals surface area contributed by atoms with Gasteiger partial charge in [-0.2, -0.15) is 0 Å². The van der Waals surface area contributed by atoms with Crippen molar-refractivity contribution in [2.45, 2.75) is 118 Å². The van der Waals surface area contributed by atoms with Gasteiger partial charge in [0.05, 0.1) is 25.4 Å². The first-order valence-corrected chi connectivity index (χ1v) is 16.9. The van der Waals surface area contributed by atoms with Crippen LogP contribution in [0.15, 0.2) is 18.2 Å². The van der Waals surface area contributed by atoms with Crippen LogP contribution in [0.3, 0.4) is 0 Å². The lowest BCUT2D eigenvalue weighted by Gasteiger charge is -2.35. The van der Waals surface area contributed by atoms with Crippen molar-refractivity contribution in [1.29, 1.82) is 0 Å². The number of rotatable bonds is 19. The highest BCUT2D eigenvalue weighted by Gasteiger charge is 2.39. The van der Waals surface area contributed by atoms with Gasteiger partial charge in [-0.05, 0) is 67.6 Å². The third-order valence-corrected chi connectivity index (χ3v) is 9.34. The van der Waals surface area contributed by atoms with Gasteiger partial charge in [-0.3, -0.25) is 9.59 Å². The van der Waals surface area contributed by atoms with E-state index < -0.39 is 29.0 Å². The fourth-order valence-corrected chi connectivity index (χ4v) is 6.13. The normalized spacial score (nSPS) is 17.5. The minimum absolute atomic E-state index is 0.0231. The number of ether oxygens (including phenoxy) is 3. The van der Waals surface area contributed by atoms with Crippen molar-refractivity contribution in [2.75, 3.05) is 34.0 Å². The summed E-state index contributed by atoms with van der Waals surface area (Å²) in [4.78, 5) is 26.3. The first kappa shape index (κ1) is 38.8. The number of hydrogen-bond donors (Lipinski definition) is 4. The van der Waals surface area contributed by atoms with Crippen molar-refractivity contribution in [3.05, 3.63) is 23.8 Å². The van der Waals surface area contributed by atoms with Gasteiger partial charge in [0.15, 0.2) is 11.5 Å². The Bertz CT molecular complexity index is 1050. The fraction of sp³-hybridized carbons (Fsp3) is 0.778. The number of carbonyl (C=O) groups excluding carboxylic acids is 2. The van der Waals surface area contributed by atoms with Gasteiger partial charge in [-0.15, -0.1) is 0 Å². The monoisotopic (exact) mass is 633 g/mol. The van der Waals surface area contributed by atoms with Crippen molar-refractivity contribution >= 4 is 11.8 Å². The maximum absolute atomic E-state index is 13.7. The molecule has 0 heterocycles. The molecule has 258 valence electrons. The molecule has 9 nitrogen and oxygen atoms in total. The standard InChI is InChI=1S/C36H63N3O6/c1-24(2)27(19-26-13-14-31(44-9)32(20-26)45-18-12-17-43-8)21-29(37)30(40)22-28(25(3)4)33(41)39-36(15-10-11-16-36)23-38-34(42)35(5,6)7/h13-14,20,24-25,27-30,40H,10-12,15-19,21-23,37H2,1-9H3,(H,38,42)(H,39,41)/t27-,28-,29-,30-/m0/s1. The van der Waals surface area contributed by atoms with E-state index in [0.717, 1.165) is 44.1 Å². The van der Waals surface area contributed by atoms with E-state index in [1.54, 1.807) is 14.2 Å². The van der Waals surface area contributed by atoms with E-state index in [0.29, 0.717) is 50.0 Å². The number of benzene rings is 1. The Labute approximate surface area is 272 Å². The lowest BCUT2D eigenvalue weighted by atomic mass is 9.80. The number of aliphatic hydroxyl groups is 1. The summed E-state index contributed by atoms with van der Waals surface area (Å²) in [7, 11) is 3.31. The second-order valence-corrected chi connectivity index (χ2v) is 14.9. The molecule has 0 saturated heterocycles. The molecular formula is C36H63N3O6.